The topological polar surface area (TPSA) is 78.9 Å². The molecule has 0 radical (unpaired) electrons. The van der Waals surface area contributed by atoms with Gasteiger partial charge in [-0.2, -0.15) is 4.98 Å². The van der Waals surface area contributed by atoms with Gasteiger partial charge in [-0.15, -0.1) is 5.10 Å². The SMILES string of the molecule is NCc1ccncc1Oc1ncn(-c2ccccc2)n1. The quantitative estimate of drug-likeness (QED) is 0.781. The molecule has 0 aliphatic carbocycles. The molecule has 0 saturated carbocycles. The Morgan fingerprint density at radius 1 is 1.15 bits per heavy atom. The number of hydrogen-bond donors (Lipinski definition) is 1. The van der Waals surface area contributed by atoms with Crippen molar-refractivity contribution in [2.75, 3.05) is 0 Å². The van der Waals surface area contributed by atoms with Crippen molar-refractivity contribution in [3.8, 4) is 17.4 Å². The zero-order valence-corrected chi connectivity index (χ0v) is 10.7. The summed E-state index contributed by atoms with van der Waals surface area (Å²) in [6.07, 6.45) is 4.87. The second-order valence-electron chi connectivity index (χ2n) is 4.10. The lowest BCUT2D eigenvalue weighted by molar-refractivity contribution is 0.434. The summed E-state index contributed by atoms with van der Waals surface area (Å²) >= 11 is 0. The Labute approximate surface area is 115 Å². The molecule has 0 bridgehead atoms. The van der Waals surface area contributed by atoms with E-state index in [1.807, 2.05) is 36.4 Å². The maximum Gasteiger partial charge on any atom is 0.341 e. The average molecular weight is 267 g/mol. The van der Waals surface area contributed by atoms with E-state index in [9.17, 15) is 0 Å². The van der Waals surface area contributed by atoms with Gasteiger partial charge in [0.2, 0.25) is 0 Å². The van der Waals surface area contributed by atoms with Crippen LogP contribution in [0.1, 0.15) is 5.56 Å². The number of ether oxygens (including phenoxy) is 1. The van der Waals surface area contributed by atoms with Crippen molar-refractivity contribution in [2.24, 2.45) is 5.73 Å². The van der Waals surface area contributed by atoms with E-state index in [-0.39, 0.29) is 6.01 Å². The monoisotopic (exact) mass is 267 g/mol. The van der Waals surface area contributed by atoms with Crippen LogP contribution in [0.2, 0.25) is 0 Å². The molecule has 6 heteroatoms. The third-order valence-corrected chi connectivity index (χ3v) is 2.78. The number of aromatic nitrogens is 4. The first-order valence-electron chi connectivity index (χ1n) is 6.15. The van der Waals surface area contributed by atoms with Crippen molar-refractivity contribution in [1.82, 2.24) is 19.7 Å². The normalized spacial score (nSPS) is 10.4. The first-order valence-corrected chi connectivity index (χ1v) is 6.15. The lowest BCUT2D eigenvalue weighted by Gasteiger charge is -2.05. The minimum absolute atomic E-state index is 0.261. The van der Waals surface area contributed by atoms with E-state index in [1.165, 1.54) is 0 Å². The molecule has 1 aromatic carbocycles. The van der Waals surface area contributed by atoms with E-state index < -0.39 is 0 Å². The van der Waals surface area contributed by atoms with Crippen molar-refractivity contribution in [3.05, 3.63) is 60.7 Å². The van der Waals surface area contributed by atoms with E-state index in [0.717, 1.165) is 11.3 Å². The Bertz CT molecular complexity index is 696. The highest BCUT2D eigenvalue weighted by Crippen LogP contribution is 2.21. The lowest BCUT2D eigenvalue weighted by atomic mass is 10.2. The molecule has 2 heterocycles. The van der Waals surface area contributed by atoms with Crippen LogP contribution >= 0.6 is 0 Å². The van der Waals surface area contributed by atoms with Gasteiger partial charge in [0.05, 0.1) is 11.9 Å². The first-order chi connectivity index (χ1) is 9.86. The molecule has 0 atom stereocenters. The summed E-state index contributed by atoms with van der Waals surface area (Å²) in [7, 11) is 0. The summed E-state index contributed by atoms with van der Waals surface area (Å²) in [5.74, 6) is 0.570. The van der Waals surface area contributed by atoms with E-state index >= 15 is 0 Å². The Morgan fingerprint density at radius 3 is 2.80 bits per heavy atom. The first kappa shape index (κ1) is 12.3. The predicted molar refractivity (Wildman–Crippen MR) is 73.6 cm³/mol. The smallest absolute Gasteiger partial charge is 0.341 e. The molecular weight excluding hydrogens is 254 g/mol. The van der Waals surface area contributed by atoms with Crippen LogP contribution in [0.15, 0.2) is 55.1 Å². The molecule has 100 valence electrons. The van der Waals surface area contributed by atoms with Gasteiger partial charge in [-0.1, -0.05) is 18.2 Å². The van der Waals surface area contributed by atoms with Crippen molar-refractivity contribution in [1.29, 1.82) is 0 Å². The molecule has 6 nitrogen and oxygen atoms in total. The second kappa shape index (κ2) is 5.50. The van der Waals surface area contributed by atoms with Gasteiger partial charge in [0.25, 0.3) is 0 Å². The fourth-order valence-electron chi connectivity index (χ4n) is 1.77. The minimum Gasteiger partial charge on any atom is -0.421 e. The Hall–Kier alpha value is -2.73. The summed E-state index contributed by atoms with van der Waals surface area (Å²) in [5.41, 5.74) is 7.42. The maximum atomic E-state index is 5.65. The van der Waals surface area contributed by atoms with Crippen LogP contribution in [0.5, 0.6) is 11.8 Å². The second-order valence-corrected chi connectivity index (χ2v) is 4.10. The average Bonchev–Trinajstić information content (AvgIpc) is 2.97. The highest BCUT2D eigenvalue weighted by atomic mass is 16.5. The summed E-state index contributed by atoms with van der Waals surface area (Å²) in [6, 6.07) is 11.8. The number of benzene rings is 1. The molecule has 0 saturated heterocycles. The highest BCUT2D eigenvalue weighted by molar-refractivity contribution is 5.32. The Kier molecular flexibility index (Phi) is 3.38. The zero-order valence-electron chi connectivity index (χ0n) is 10.7. The van der Waals surface area contributed by atoms with Crippen LogP contribution < -0.4 is 10.5 Å². The van der Waals surface area contributed by atoms with E-state index in [4.69, 9.17) is 10.5 Å². The molecule has 0 fully saturated rings. The molecule has 20 heavy (non-hydrogen) atoms. The summed E-state index contributed by atoms with van der Waals surface area (Å²) < 4.78 is 7.26. The van der Waals surface area contributed by atoms with Crippen molar-refractivity contribution in [3.63, 3.8) is 0 Å². The largest absolute Gasteiger partial charge is 0.421 e. The molecule has 0 unspecified atom stereocenters. The number of rotatable bonds is 4. The van der Waals surface area contributed by atoms with Crippen LogP contribution in [0.4, 0.5) is 0 Å². The molecule has 0 amide bonds. The molecule has 0 spiro atoms. The number of hydrogen-bond acceptors (Lipinski definition) is 5. The van der Waals surface area contributed by atoms with Crippen molar-refractivity contribution < 1.29 is 4.74 Å². The van der Waals surface area contributed by atoms with Gasteiger partial charge in [-0.25, -0.2) is 4.68 Å². The van der Waals surface area contributed by atoms with Crippen LogP contribution in [0.25, 0.3) is 5.69 Å². The fraction of sp³-hybridized carbons (Fsp3) is 0.0714. The van der Waals surface area contributed by atoms with Crippen molar-refractivity contribution >= 4 is 0 Å². The fourth-order valence-corrected chi connectivity index (χ4v) is 1.77. The molecule has 3 rings (SSSR count). The van der Waals surface area contributed by atoms with E-state index in [1.54, 1.807) is 23.4 Å². The highest BCUT2D eigenvalue weighted by Gasteiger charge is 2.08. The number of pyridine rings is 1. The van der Waals surface area contributed by atoms with Gasteiger partial charge in [-0.3, -0.25) is 4.98 Å². The molecular formula is C14H13N5O. The number of nitrogens with two attached hydrogens (primary N) is 1. The standard InChI is InChI=1S/C14H13N5O/c15-8-11-6-7-16-9-13(11)20-14-17-10-19(18-14)12-4-2-1-3-5-12/h1-7,9-10H,8,15H2. The van der Waals surface area contributed by atoms with Crippen LogP contribution in [0, 0.1) is 0 Å². The third-order valence-electron chi connectivity index (χ3n) is 2.78. The summed E-state index contributed by atoms with van der Waals surface area (Å²) in [4.78, 5) is 8.14. The lowest BCUT2D eigenvalue weighted by Crippen LogP contribution is -2.00. The molecule has 0 aliphatic heterocycles. The summed E-state index contributed by atoms with van der Waals surface area (Å²) in [6.45, 7) is 0.372. The number of para-hydroxylation sites is 1. The molecule has 2 aromatic heterocycles. The Morgan fingerprint density at radius 2 is 2.00 bits per heavy atom. The third kappa shape index (κ3) is 2.50. The van der Waals surface area contributed by atoms with E-state index in [2.05, 4.69) is 15.1 Å². The molecule has 2 N–H and O–H groups in total. The Balaban J connectivity index is 1.84. The van der Waals surface area contributed by atoms with Gasteiger partial charge in [0.1, 0.15) is 6.33 Å². The van der Waals surface area contributed by atoms with Crippen molar-refractivity contribution in [2.45, 2.75) is 6.54 Å². The summed E-state index contributed by atoms with van der Waals surface area (Å²) in [5, 5.41) is 4.27. The van der Waals surface area contributed by atoms with E-state index in [0.29, 0.717) is 12.3 Å². The van der Waals surface area contributed by atoms with Crippen LogP contribution in [-0.2, 0) is 6.54 Å². The molecule has 3 aromatic rings. The van der Waals surface area contributed by atoms with Gasteiger partial charge in [0.15, 0.2) is 5.75 Å². The maximum absolute atomic E-state index is 5.65. The predicted octanol–water partition coefficient (Wildman–Crippen LogP) is 1.91. The van der Waals surface area contributed by atoms with Gasteiger partial charge in [0, 0.05) is 18.3 Å². The number of nitrogens with zero attached hydrogens (tertiary/aromatic N) is 4. The molecule has 0 aliphatic rings. The van der Waals surface area contributed by atoms with Gasteiger partial charge >= 0.3 is 6.01 Å². The van der Waals surface area contributed by atoms with Crippen LogP contribution in [0.3, 0.4) is 0 Å². The minimum atomic E-state index is 0.261. The van der Waals surface area contributed by atoms with Gasteiger partial charge < -0.3 is 10.5 Å². The van der Waals surface area contributed by atoms with Crippen LogP contribution in [-0.4, -0.2) is 19.7 Å². The van der Waals surface area contributed by atoms with Gasteiger partial charge in [-0.05, 0) is 18.2 Å². The zero-order chi connectivity index (χ0) is 13.8.